The summed E-state index contributed by atoms with van der Waals surface area (Å²) >= 11 is 0. The van der Waals surface area contributed by atoms with Gasteiger partial charge in [-0.1, -0.05) is 0 Å². The molecule has 5 nitrogen and oxygen atoms in total. The van der Waals surface area contributed by atoms with Crippen LogP contribution in [-0.4, -0.2) is 45.8 Å². The van der Waals surface area contributed by atoms with Crippen LogP contribution in [0, 0.1) is 0 Å². The number of hydrogen-bond donors (Lipinski definition) is 1. The fourth-order valence-corrected chi connectivity index (χ4v) is 2.54. The highest BCUT2D eigenvalue weighted by Gasteiger charge is 2.24. The summed E-state index contributed by atoms with van der Waals surface area (Å²) in [5.41, 5.74) is 1.13. The second kappa shape index (κ2) is 5.52. The standard InChI is InChI=1S/C13H22N4O/c1-10-7-17(8-11(2)15-10)13(18)5-4-12-6-14-16(3)9-12/h6,9-11,15H,4-5,7-8H2,1-3H3. The molecule has 2 unspecified atom stereocenters. The van der Waals surface area contributed by atoms with Gasteiger partial charge in [-0.3, -0.25) is 9.48 Å². The first-order chi connectivity index (χ1) is 8.54. The molecule has 1 fully saturated rings. The van der Waals surface area contributed by atoms with E-state index in [-0.39, 0.29) is 5.91 Å². The molecular weight excluding hydrogens is 228 g/mol. The minimum absolute atomic E-state index is 0.249. The second-order valence-corrected chi connectivity index (χ2v) is 5.29. The van der Waals surface area contributed by atoms with Crippen molar-refractivity contribution in [3.8, 4) is 0 Å². The van der Waals surface area contributed by atoms with Gasteiger partial charge in [-0.25, -0.2) is 0 Å². The Balaban J connectivity index is 1.84. The summed E-state index contributed by atoms with van der Waals surface area (Å²) in [7, 11) is 1.89. The summed E-state index contributed by atoms with van der Waals surface area (Å²) in [6.45, 7) is 5.88. The van der Waals surface area contributed by atoms with Crippen LogP contribution < -0.4 is 5.32 Å². The Morgan fingerprint density at radius 1 is 1.44 bits per heavy atom. The first-order valence-corrected chi connectivity index (χ1v) is 6.56. The molecule has 1 aromatic heterocycles. The van der Waals surface area contributed by atoms with Gasteiger partial charge in [0.15, 0.2) is 0 Å². The maximum Gasteiger partial charge on any atom is 0.223 e. The number of aromatic nitrogens is 2. The number of rotatable bonds is 3. The minimum atomic E-state index is 0.249. The van der Waals surface area contributed by atoms with Crippen molar-refractivity contribution < 1.29 is 4.79 Å². The van der Waals surface area contributed by atoms with E-state index in [9.17, 15) is 4.79 Å². The van der Waals surface area contributed by atoms with Crippen molar-refractivity contribution in [2.24, 2.45) is 7.05 Å². The fraction of sp³-hybridized carbons (Fsp3) is 0.692. The molecule has 2 atom stereocenters. The molecule has 1 saturated heterocycles. The molecule has 1 aliphatic rings. The lowest BCUT2D eigenvalue weighted by molar-refractivity contribution is -0.132. The van der Waals surface area contributed by atoms with E-state index in [0.717, 1.165) is 25.1 Å². The monoisotopic (exact) mass is 250 g/mol. The average molecular weight is 250 g/mol. The predicted octanol–water partition coefficient (Wildman–Crippen LogP) is 0.561. The third-order valence-corrected chi connectivity index (χ3v) is 3.30. The molecule has 0 aromatic carbocycles. The van der Waals surface area contributed by atoms with E-state index in [2.05, 4.69) is 24.3 Å². The number of aryl methyl sites for hydroxylation is 2. The molecule has 0 saturated carbocycles. The fourth-order valence-electron chi connectivity index (χ4n) is 2.54. The quantitative estimate of drug-likeness (QED) is 0.853. The van der Waals surface area contributed by atoms with Gasteiger partial charge in [0, 0.05) is 44.8 Å². The highest BCUT2D eigenvalue weighted by Crippen LogP contribution is 2.08. The largest absolute Gasteiger partial charge is 0.340 e. The van der Waals surface area contributed by atoms with Crippen LogP contribution >= 0.6 is 0 Å². The molecule has 100 valence electrons. The lowest BCUT2D eigenvalue weighted by Crippen LogP contribution is -2.55. The number of nitrogens with one attached hydrogen (secondary N) is 1. The van der Waals surface area contributed by atoms with Crippen LogP contribution in [0.4, 0.5) is 0 Å². The highest BCUT2D eigenvalue weighted by atomic mass is 16.2. The molecule has 2 rings (SSSR count). The van der Waals surface area contributed by atoms with Gasteiger partial charge in [0.05, 0.1) is 6.20 Å². The number of carbonyl (C=O) groups excluding carboxylic acids is 1. The second-order valence-electron chi connectivity index (χ2n) is 5.29. The average Bonchev–Trinajstić information content (AvgIpc) is 2.70. The van der Waals surface area contributed by atoms with Crippen molar-refractivity contribution in [2.45, 2.75) is 38.8 Å². The van der Waals surface area contributed by atoms with Gasteiger partial charge in [0.1, 0.15) is 0 Å². The van der Waals surface area contributed by atoms with Crippen LogP contribution in [0.2, 0.25) is 0 Å². The van der Waals surface area contributed by atoms with Crippen molar-refractivity contribution in [2.75, 3.05) is 13.1 Å². The number of hydrogen-bond acceptors (Lipinski definition) is 3. The molecule has 18 heavy (non-hydrogen) atoms. The van der Waals surface area contributed by atoms with Gasteiger partial charge >= 0.3 is 0 Å². The van der Waals surface area contributed by atoms with Gasteiger partial charge in [0.25, 0.3) is 0 Å². The topological polar surface area (TPSA) is 50.2 Å². The molecule has 1 N–H and O–H groups in total. The summed E-state index contributed by atoms with van der Waals surface area (Å²) < 4.78 is 1.77. The van der Waals surface area contributed by atoms with Crippen molar-refractivity contribution in [1.29, 1.82) is 0 Å². The zero-order valence-electron chi connectivity index (χ0n) is 11.4. The maximum absolute atomic E-state index is 12.1. The lowest BCUT2D eigenvalue weighted by atomic mass is 10.1. The Labute approximate surface area is 108 Å². The van der Waals surface area contributed by atoms with Crippen molar-refractivity contribution in [3.05, 3.63) is 18.0 Å². The van der Waals surface area contributed by atoms with Gasteiger partial charge in [-0.05, 0) is 25.8 Å². The third kappa shape index (κ3) is 3.32. The van der Waals surface area contributed by atoms with Gasteiger partial charge in [0.2, 0.25) is 5.91 Å². The highest BCUT2D eigenvalue weighted by molar-refractivity contribution is 5.76. The first kappa shape index (κ1) is 13.1. The van der Waals surface area contributed by atoms with E-state index in [1.807, 2.05) is 24.3 Å². The molecule has 1 aliphatic heterocycles. The van der Waals surface area contributed by atoms with Gasteiger partial charge in [-0.15, -0.1) is 0 Å². The molecule has 0 aliphatic carbocycles. The Bertz CT molecular complexity index is 405. The smallest absolute Gasteiger partial charge is 0.223 e. The minimum Gasteiger partial charge on any atom is -0.340 e. The van der Waals surface area contributed by atoms with E-state index in [1.54, 1.807) is 4.68 Å². The molecular formula is C13H22N4O. The number of amides is 1. The Kier molecular flexibility index (Phi) is 4.01. The predicted molar refractivity (Wildman–Crippen MR) is 70.2 cm³/mol. The summed E-state index contributed by atoms with van der Waals surface area (Å²) in [6.07, 6.45) is 5.15. The van der Waals surface area contributed by atoms with Crippen LogP contribution in [-0.2, 0) is 18.3 Å². The van der Waals surface area contributed by atoms with Crippen LogP contribution in [0.25, 0.3) is 0 Å². The number of nitrogens with zero attached hydrogens (tertiary/aromatic N) is 3. The van der Waals surface area contributed by atoms with E-state index in [1.165, 1.54) is 0 Å². The summed E-state index contributed by atoms with van der Waals surface area (Å²) in [4.78, 5) is 14.1. The van der Waals surface area contributed by atoms with E-state index >= 15 is 0 Å². The van der Waals surface area contributed by atoms with E-state index in [4.69, 9.17) is 0 Å². The lowest BCUT2D eigenvalue weighted by Gasteiger charge is -2.36. The molecule has 0 spiro atoms. The van der Waals surface area contributed by atoms with Gasteiger partial charge in [-0.2, -0.15) is 5.10 Å². The van der Waals surface area contributed by atoms with Crippen LogP contribution in [0.1, 0.15) is 25.8 Å². The zero-order chi connectivity index (χ0) is 13.1. The molecule has 0 radical (unpaired) electrons. The zero-order valence-corrected chi connectivity index (χ0v) is 11.4. The Hall–Kier alpha value is -1.36. The van der Waals surface area contributed by atoms with Crippen LogP contribution in [0.5, 0.6) is 0 Å². The molecule has 2 heterocycles. The number of piperazine rings is 1. The van der Waals surface area contributed by atoms with E-state index < -0.39 is 0 Å². The Morgan fingerprint density at radius 3 is 2.67 bits per heavy atom. The van der Waals surface area contributed by atoms with Crippen molar-refractivity contribution in [3.63, 3.8) is 0 Å². The molecule has 0 bridgehead atoms. The van der Waals surface area contributed by atoms with Crippen molar-refractivity contribution in [1.82, 2.24) is 20.0 Å². The summed E-state index contributed by atoms with van der Waals surface area (Å²) in [6, 6.07) is 0.771. The van der Waals surface area contributed by atoms with Gasteiger partial charge < -0.3 is 10.2 Å². The number of carbonyl (C=O) groups is 1. The maximum atomic E-state index is 12.1. The SMILES string of the molecule is CC1CN(C(=O)CCc2cnn(C)c2)CC(C)N1. The summed E-state index contributed by atoms with van der Waals surface area (Å²) in [5.74, 6) is 0.249. The normalized spacial score (nSPS) is 24.3. The van der Waals surface area contributed by atoms with Crippen molar-refractivity contribution >= 4 is 5.91 Å². The molecule has 1 aromatic rings. The summed E-state index contributed by atoms with van der Waals surface area (Å²) in [5, 5.41) is 7.55. The first-order valence-electron chi connectivity index (χ1n) is 6.56. The van der Waals surface area contributed by atoms with Crippen LogP contribution in [0.3, 0.4) is 0 Å². The third-order valence-electron chi connectivity index (χ3n) is 3.30. The molecule has 1 amide bonds. The molecule has 5 heteroatoms. The Morgan fingerprint density at radius 2 is 2.11 bits per heavy atom. The van der Waals surface area contributed by atoms with Crippen LogP contribution in [0.15, 0.2) is 12.4 Å². The van der Waals surface area contributed by atoms with E-state index in [0.29, 0.717) is 18.5 Å².